The third-order valence-corrected chi connectivity index (χ3v) is 8.75. The third kappa shape index (κ3) is 9.68. The molecule has 2 aliphatic carbocycles. The topological polar surface area (TPSA) is 23.8 Å². The lowest BCUT2D eigenvalue weighted by Gasteiger charge is -2.32. The van der Waals surface area contributed by atoms with E-state index in [4.69, 9.17) is 5.26 Å². The van der Waals surface area contributed by atoms with Gasteiger partial charge >= 0.3 is 0 Å². The second-order valence-electron chi connectivity index (χ2n) is 11.2. The molecule has 0 aliphatic heterocycles. The van der Waals surface area contributed by atoms with Crippen molar-refractivity contribution >= 4 is 0 Å². The Morgan fingerprint density at radius 1 is 0.758 bits per heavy atom. The summed E-state index contributed by atoms with van der Waals surface area (Å²) in [6.45, 7) is 2.29. The normalized spacial score (nSPS) is 25.8. The number of hydrogen-bond acceptors (Lipinski definition) is 1. The Kier molecular flexibility index (Phi) is 12.1. The molecule has 1 nitrogen and oxygen atoms in total. The van der Waals surface area contributed by atoms with Crippen LogP contribution in [0.4, 0.5) is 0 Å². The van der Waals surface area contributed by atoms with Crippen molar-refractivity contribution in [1.29, 1.82) is 5.26 Å². The van der Waals surface area contributed by atoms with Crippen molar-refractivity contribution in [2.75, 3.05) is 0 Å². The van der Waals surface area contributed by atoms with Crippen molar-refractivity contribution < 1.29 is 0 Å². The number of aryl methyl sites for hydroxylation is 1. The molecule has 33 heavy (non-hydrogen) atoms. The van der Waals surface area contributed by atoms with Gasteiger partial charge in [0.15, 0.2) is 0 Å². The second kappa shape index (κ2) is 15.4. The molecule has 1 aromatic carbocycles. The zero-order chi connectivity index (χ0) is 23.1. The lowest BCUT2D eigenvalue weighted by atomic mass is 9.74. The van der Waals surface area contributed by atoms with Crippen molar-refractivity contribution in [2.45, 2.75) is 128 Å². The summed E-state index contributed by atoms with van der Waals surface area (Å²) < 4.78 is 0. The maximum atomic E-state index is 8.60. The zero-order valence-electron chi connectivity index (χ0n) is 21.4. The van der Waals surface area contributed by atoms with E-state index < -0.39 is 0 Å². The van der Waals surface area contributed by atoms with E-state index in [1.165, 1.54) is 115 Å². The third-order valence-electron chi connectivity index (χ3n) is 8.75. The van der Waals surface area contributed by atoms with Gasteiger partial charge in [0.25, 0.3) is 0 Å². The van der Waals surface area contributed by atoms with Crippen LogP contribution in [0.25, 0.3) is 0 Å². The minimum absolute atomic E-state index is 0.811. The van der Waals surface area contributed by atoms with Crippen LogP contribution in [0, 0.1) is 29.1 Å². The predicted octanol–water partition coefficient (Wildman–Crippen LogP) is 9.92. The Labute approximate surface area is 205 Å². The molecule has 0 bridgehead atoms. The second-order valence-corrected chi connectivity index (χ2v) is 11.2. The molecule has 0 saturated heterocycles. The van der Waals surface area contributed by atoms with Crippen molar-refractivity contribution in [1.82, 2.24) is 0 Å². The van der Waals surface area contributed by atoms with E-state index in [1.54, 1.807) is 11.6 Å². The molecule has 0 N–H and O–H groups in total. The Morgan fingerprint density at radius 3 is 1.94 bits per heavy atom. The Hall–Kier alpha value is -1.55. The van der Waals surface area contributed by atoms with Gasteiger partial charge in [-0.05, 0) is 86.2 Å². The predicted molar refractivity (Wildman–Crippen MR) is 142 cm³/mol. The van der Waals surface area contributed by atoms with E-state index in [1.807, 2.05) is 6.08 Å². The highest BCUT2D eigenvalue weighted by molar-refractivity contribution is 5.26. The molecule has 182 valence electrons. The average molecular weight is 448 g/mol. The minimum Gasteiger partial charge on any atom is -0.193 e. The smallest absolute Gasteiger partial charge is 0.0908 e. The molecule has 3 rings (SSSR count). The van der Waals surface area contributed by atoms with Crippen molar-refractivity contribution in [3.63, 3.8) is 0 Å². The highest BCUT2D eigenvalue weighted by Gasteiger charge is 2.25. The molecular formula is C32H49N. The van der Waals surface area contributed by atoms with Gasteiger partial charge in [0, 0.05) is 6.08 Å². The first kappa shape index (κ1) is 26.1. The summed E-state index contributed by atoms with van der Waals surface area (Å²) in [6, 6.07) is 11.8. The standard InChI is InChI=1S/C32H49N/c1-2-3-4-5-7-10-28-18-22-31(23-19-28)32-24-20-30(21-25-32)17-16-29-14-12-27(13-15-29)11-8-6-9-26-33/h6,9,18-19,22-23,27,29-30,32H,2-5,7-8,10-17,20-21,24-25H2,1H3/t27-,29-,30-,32-. The summed E-state index contributed by atoms with van der Waals surface area (Å²) in [5.74, 6) is 3.69. The number of hydrogen-bond donors (Lipinski definition) is 0. The largest absolute Gasteiger partial charge is 0.193 e. The van der Waals surface area contributed by atoms with E-state index >= 15 is 0 Å². The first-order valence-electron chi connectivity index (χ1n) is 14.4. The van der Waals surface area contributed by atoms with E-state index in [0.717, 1.165) is 30.1 Å². The summed E-state index contributed by atoms with van der Waals surface area (Å²) in [4.78, 5) is 0. The molecule has 0 heterocycles. The fourth-order valence-electron chi connectivity index (χ4n) is 6.42. The quantitative estimate of drug-likeness (QED) is 0.218. The summed E-state index contributed by atoms with van der Waals surface area (Å²) in [7, 11) is 0. The molecule has 2 fully saturated rings. The van der Waals surface area contributed by atoms with Crippen LogP contribution >= 0.6 is 0 Å². The highest BCUT2D eigenvalue weighted by Crippen LogP contribution is 2.40. The van der Waals surface area contributed by atoms with Crippen LogP contribution in [-0.4, -0.2) is 0 Å². The first-order chi connectivity index (χ1) is 16.3. The Morgan fingerprint density at radius 2 is 1.33 bits per heavy atom. The van der Waals surface area contributed by atoms with Gasteiger partial charge in [-0.2, -0.15) is 5.26 Å². The van der Waals surface area contributed by atoms with Crippen molar-refractivity contribution in [3.05, 3.63) is 47.5 Å². The fourth-order valence-corrected chi connectivity index (χ4v) is 6.42. The fraction of sp³-hybridized carbons (Fsp3) is 0.719. The van der Waals surface area contributed by atoms with Crippen molar-refractivity contribution in [3.8, 4) is 6.07 Å². The summed E-state index contributed by atoms with van der Waals surface area (Å²) in [5, 5.41) is 8.60. The molecule has 0 atom stereocenters. The lowest BCUT2D eigenvalue weighted by Crippen LogP contribution is -2.17. The summed E-state index contributed by atoms with van der Waals surface area (Å²) in [6.07, 6.45) is 28.6. The number of unbranched alkanes of at least 4 members (excludes halogenated alkanes) is 4. The van der Waals surface area contributed by atoms with Crippen LogP contribution in [0.3, 0.4) is 0 Å². The molecule has 0 aromatic heterocycles. The van der Waals surface area contributed by atoms with Gasteiger partial charge in [0.05, 0.1) is 6.07 Å². The van der Waals surface area contributed by atoms with E-state index in [9.17, 15) is 0 Å². The molecule has 0 amide bonds. The first-order valence-corrected chi connectivity index (χ1v) is 14.4. The zero-order valence-corrected chi connectivity index (χ0v) is 21.4. The maximum Gasteiger partial charge on any atom is 0.0908 e. The van der Waals surface area contributed by atoms with E-state index in [0.29, 0.717) is 0 Å². The van der Waals surface area contributed by atoms with Crippen LogP contribution in [0.15, 0.2) is 36.4 Å². The molecular weight excluding hydrogens is 398 g/mol. The summed E-state index contributed by atoms with van der Waals surface area (Å²) in [5.41, 5.74) is 3.14. The molecule has 2 saturated carbocycles. The Bertz CT molecular complexity index is 693. The number of nitrogens with zero attached hydrogens (tertiary/aromatic N) is 1. The van der Waals surface area contributed by atoms with Crippen LogP contribution in [-0.2, 0) is 6.42 Å². The summed E-state index contributed by atoms with van der Waals surface area (Å²) >= 11 is 0. The van der Waals surface area contributed by atoms with Gasteiger partial charge in [-0.1, -0.05) is 101 Å². The van der Waals surface area contributed by atoms with Gasteiger partial charge in [-0.25, -0.2) is 0 Å². The van der Waals surface area contributed by atoms with Gasteiger partial charge in [0.1, 0.15) is 0 Å². The maximum absolute atomic E-state index is 8.60. The van der Waals surface area contributed by atoms with Crippen LogP contribution < -0.4 is 0 Å². The number of allylic oxidation sites excluding steroid dienone is 2. The monoisotopic (exact) mass is 447 g/mol. The molecule has 0 spiro atoms. The van der Waals surface area contributed by atoms with Crippen LogP contribution in [0.5, 0.6) is 0 Å². The number of rotatable bonds is 13. The van der Waals surface area contributed by atoms with E-state index in [-0.39, 0.29) is 0 Å². The van der Waals surface area contributed by atoms with Crippen LogP contribution in [0.2, 0.25) is 0 Å². The number of benzene rings is 1. The van der Waals surface area contributed by atoms with Crippen molar-refractivity contribution in [2.24, 2.45) is 17.8 Å². The molecule has 2 aliphatic rings. The molecule has 1 aromatic rings. The van der Waals surface area contributed by atoms with Gasteiger partial charge in [0.2, 0.25) is 0 Å². The highest BCUT2D eigenvalue weighted by atomic mass is 14.3. The molecule has 0 radical (unpaired) electrons. The minimum atomic E-state index is 0.811. The van der Waals surface area contributed by atoms with E-state index in [2.05, 4.69) is 37.3 Å². The van der Waals surface area contributed by atoms with Gasteiger partial charge < -0.3 is 0 Å². The molecule has 0 unspecified atom stereocenters. The Balaban J connectivity index is 1.27. The van der Waals surface area contributed by atoms with Gasteiger partial charge in [-0.15, -0.1) is 0 Å². The molecule has 1 heteroatoms. The SMILES string of the molecule is CCCCCCCc1ccc([C@H]2CC[C@H](CC[C@H]3CC[C@H](CCC=CC#N)CC3)CC2)cc1. The number of nitriles is 1. The lowest BCUT2D eigenvalue weighted by molar-refractivity contribution is 0.225. The average Bonchev–Trinajstić information content (AvgIpc) is 2.87. The van der Waals surface area contributed by atoms with Crippen LogP contribution in [0.1, 0.15) is 133 Å². The van der Waals surface area contributed by atoms with Gasteiger partial charge in [-0.3, -0.25) is 0 Å².